The van der Waals surface area contributed by atoms with Crippen LogP contribution in [0.4, 0.5) is 5.69 Å². The predicted octanol–water partition coefficient (Wildman–Crippen LogP) is 20.2. The second-order valence-electron chi connectivity index (χ2n) is 26.4. The third kappa shape index (κ3) is 10.6. The zero-order valence-electron chi connectivity index (χ0n) is 49.6. The number of phenolic OH excluding ortho intramolecular Hbond substituents is 1. The first-order valence-corrected chi connectivity index (χ1v) is 28.1. The number of hydrogen-bond donors (Lipinski definition) is 1. The van der Waals surface area contributed by atoms with Crippen LogP contribution in [-0.4, -0.2) is 24.2 Å². The van der Waals surface area contributed by atoms with Gasteiger partial charge in [-0.25, -0.2) is 9.83 Å². The molecule has 0 aliphatic rings. The molecule has 0 radical (unpaired) electrons. The SMILES string of the molecule is [C-]#[N+]c1cccc2c1nc(-c1[c-]c(-c3cccc4c3nc(-c3cc(C(C)(C)C)cc(C(C)(C)C)c3O)n4-c3c(C(C)C)cc(-c4ccccc4)cc3C(C)C)cc(C(C)(C)C)c1)n2-c1ccc(C(C)(C)C)cc1-c1ccccc1.[Pt]. The molecule has 7 heteroatoms. The number of aromatic hydroxyl groups is 1. The number of phenols is 1. The molecule has 2 aromatic heterocycles. The number of nitrogens with zero attached hydrogens (tertiary/aromatic N) is 5. The number of para-hydroxylation sites is 2. The van der Waals surface area contributed by atoms with Gasteiger partial charge in [0.15, 0.2) is 0 Å². The normalized spacial score (nSPS) is 12.4. The average molecular weight is 1230 g/mol. The zero-order valence-corrected chi connectivity index (χ0v) is 51.9. The van der Waals surface area contributed by atoms with Gasteiger partial charge in [-0.2, -0.15) is 0 Å². The maximum absolute atomic E-state index is 12.9. The summed E-state index contributed by atoms with van der Waals surface area (Å²) in [6, 6.07) is 58.0. The zero-order chi connectivity index (χ0) is 56.7. The monoisotopic (exact) mass is 1230 g/mol. The van der Waals surface area contributed by atoms with Gasteiger partial charge in [0.1, 0.15) is 11.6 Å². The van der Waals surface area contributed by atoms with Gasteiger partial charge in [-0.3, -0.25) is 9.55 Å². The molecule has 0 spiro atoms. The first-order valence-electron chi connectivity index (χ1n) is 28.1. The van der Waals surface area contributed by atoms with Gasteiger partial charge in [0.05, 0.1) is 45.7 Å². The molecule has 80 heavy (non-hydrogen) atoms. The molecule has 0 atom stereocenters. The third-order valence-corrected chi connectivity index (χ3v) is 15.7. The molecule has 6 nitrogen and oxygen atoms in total. The molecule has 10 aromatic rings. The van der Waals surface area contributed by atoms with E-state index in [0.29, 0.717) is 28.4 Å². The number of hydrogen-bond acceptors (Lipinski definition) is 3. The number of benzene rings is 8. The molecule has 0 saturated carbocycles. The topological polar surface area (TPSA) is 60.2 Å². The largest absolute Gasteiger partial charge is 0.507 e. The van der Waals surface area contributed by atoms with Crippen molar-refractivity contribution in [2.75, 3.05) is 0 Å². The first-order chi connectivity index (χ1) is 37.2. The Balaban J connectivity index is 0.00000774. The number of rotatable bonds is 9. The van der Waals surface area contributed by atoms with Crippen LogP contribution in [0.2, 0.25) is 0 Å². The van der Waals surface area contributed by atoms with E-state index in [-0.39, 0.29) is 60.3 Å². The van der Waals surface area contributed by atoms with Crippen LogP contribution in [0, 0.1) is 12.6 Å². The summed E-state index contributed by atoms with van der Waals surface area (Å²) in [5.74, 6) is 1.89. The van der Waals surface area contributed by atoms with Crippen LogP contribution < -0.4 is 0 Å². The molecule has 10 rings (SSSR count). The Bertz CT molecular complexity index is 3980. The van der Waals surface area contributed by atoms with E-state index in [1.54, 1.807) is 0 Å². The Morgan fingerprint density at radius 2 is 1.00 bits per heavy atom. The summed E-state index contributed by atoms with van der Waals surface area (Å²) >= 11 is 0. The van der Waals surface area contributed by atoms with E-state index in [1.165, 1.54) is 27.8 Å². The Morgan fingerprint density at radius 1 is 0.475 bits per heavy atom. The van der Waals surface area contributed by atoms with E-state index in [0.717, 1.165) is 72.4 Å². The summed E-state index contributed by atoms with van der Waals surface area (Å²) in [4.78, 5) is 15.3. The summed E-state index contributed by atoms with van der Waals surface area (Å²) in [5, 5.41) is 12.9. The molecule has 410 valence electrons. The van der Waals surface area contributed by atoms with Crippen LogP contribution in [0.5, 0.6) is 5.75 Å². The predicted molar refractivity (Wildman–Crippen MR) is 333 cm³/mol. The fourth-order valence-electron chi connectivity index (χ4n) is 11.1. The quantitative estimate of drug-likeness (QED) is 0.147. The van der Waals surface area contributed by atoms with Crippen molar-refractivity contribution < 1.29 is 26.2 Å². The van der Waals surface area contributed by atoms with Gasteiger partial charge in [0.25, 0.3) is 0 Å². The van der Waals surface area contributed by atoms with Crippen molar-refractivity contribution in [2.45, 2.75) is 144 Å². The molecule has 0 saturated heterocycles. The number of fused-ring (bicyclic) bond motifs is 2. The molecule has 8 aromatic carbocycles. The van der Waals surface area contributed by atoms with Gasteiger partial charge in [0.2, 0.25) is 5.69 Å². The summed E-state index contributed by atoms with van der Waals surface area (Å²) in [7, 11) is 0. The van der Waals surface area contributed by atoms with Crippen LogP contribution in [0.25, 0.3) is 94.4 Å². The minimum Gasteiger partial charge on any atom is -0.507 e. The Morgan fingerprint density at radius 3 is 1.56 bits per heavy atom. The molecular formula is C73H76N5OPt-. The van der Waals surface area contributed by atoms with Crippen LogP contribution in [-0.2, 0) is 42.7 Å². The van der Waals surface area contributed by atoms with E-state index in [4.69, 9.17) is 16.5 Å². The van der Waals surface area contributed by atoms with E-state index >= 15 is 0 Å². The minimum absolute atomic E-state index is 0. The van der Waals surface area contributed by atoms with Crippen molar-refractivity contribution >= 4 is 27.8 Å². The molecule has 0 aliphatic carbocycles. The Hall–Kier alpha value is -7.32. The van der Waals surface area contributed by atoms with E-state index < -0.39 is 0 Å². The fourth-order valence-corrected chi connectivity index (χ4v) is 11.1. The fraction of sp³-hybridized carbons (Fsp3) is 0.301. The molecule has 0 aliphatic heterocycles. The van der Waals surface area contributed by atoms with Gasteiger partial charge >= 0.3 is 0 Å². The molecule has 1 N–H and O–H groups in total. The maximum atomic E-state index is 12.9. The van der Waals surface area contributed by atoms with Crippen LogP contribution >= 0.6 is 0 Å². The summed E-state index contributed by atoms with van der Waals surface area (Å²) in [5.41, 5.74) is 19.3. The van der Waals surface area contributed by atoms with E-state index in [1.807, 2.05) is 12.1 Å². The Labute approximate surface area is 490 Å². The van der Waals surface area contributed by atoms with Crippen LogP contribution in [0.15, 0.2) is 152 Å². The van der Waals surface area contributed by atoms with Crippen molar-refractivity contribution in [3.8, 4) is 73.3 Å². The summed E-state index contributed by atoms with van der Waals surface area (Å²) < 4.78 is 4.60. The van der Waals surface area contributed by atoms with Gasteiger partial charge in [-0.05, 0) is 115 Å². The molecule has 0 amide bonds. The van der Waals surface area contributed by atoms with Crippen molar-refractivity contribution in [1.82, 2.24) is 19.1 Å². The Kier molecular flexibility index (Phi) is 15.3. The van der Waals surface area contributed by atoms with Gasteiger partial charge in [0, 0.05) is 37.9 Å². The molecular weight excluding hydrogens is 1160 g/mol. The van der Waals surface area contributed by atoms with Crippen molar-refractivity contribution in [1.29, 1.82) is 0 Å². The third-order valence-electron chi connectivity index (χ3n) is 15.7. The number of aromatic nitrogens is 4. The average Bonchev–Trinajstić information content (AvgIpc) is 3.99. The summed E-state index contributed by atoms with van der Waals surface area (Å²) in [6.07, 6.45) is 0. The molecule has 0 bridgehead atoms. The summed E-state index contributed by atoms with van der Waals surface area (Å²) in [6.45, 7) is 44.2. The van der Waals surface area contributed by atoms with Crippen LogP contribution in [0.1, 0.15) is 156 Å². The molecule has 0 unspecified atom stereocenters. The van der Waals surface area contributed by atoms with Gasteiger partial charge in [-0.1, -0.05) is 219 Å². The second kappa shape index (κ2) is 21.3. The number of imidazole rings is 2. The van der Waals surface area contributed by atoms with Crippen molar-refractivity contribution in [3.63, 3.8) is 0 Å². The maximum Gasteiger partial charge on any atom is 0.213 e. The van der Waals surface area contributed by atoms with Crippen LogP contribution in [0.3, 0.4) is 0 Å². The second-order valence-corrected chi connectivity index (χ2v) is 26.4. The minimum atomic E-state index is -0.368. The van der Waals surface area contributed by atoms with Gasteiger partial charge < -0.3 is 9.67 Å². The van der Waals surface area contributed by atoms with E-state index in [9.17, 15) is 5.11 Å². The smallest absolute Gasteiger partial charge is 0.213 e. The molecule has 0 fully saturated rings. The van der Waals surface area contributed by atoms with Gasteiger partial charge in [-0.15, -0.1) is 29.3 Å². The standard InChI is InChI=1S/C73H76N5O.Pt/c1-44(2)55-39-48(46-26-20-18-21-27-46)40-56(45(3)4)66(55)78-62-32-24-30-54(64(62)75-69(78)58-42-53(72(11,12)13)43-59(67(58)79)73(14,15)16)49-36-50(38-52(37-49)71(8,9)10)68-76-65-60(74-17)31-25-33-63(65)77(68)61-35-34-51(70(5,6)7)41-57(61)47-28-22-19-23-29-47;/h18-35,37-45,79H,1-16H3;/q-1;. The van der Waals surface area contributed by atoms with E-state index in [2.05, 4.69) is 270 Å². The van der Waals surface area contributed by atoms with Crippen molar-refractivity contribution in [3.05, 3.63) is 203 Å². The molecule has 2 heterocycles. The van der Waals surface area contributed by atoms with Crippen molar-refractivity contribution in [2.24, 2.45) is 0 Å². The first kappa shape index (κ1) is 57.4.